The van der Waals surface area contributed by atoms with Gasteiger partial charge in [-0.3, -0.25) is 14.8 Å². The van der Waals surface area contributed by atoms with Gasteiger partial charge in [0.25, 0.3) is 0 Å². The SMILES string of the molecule is CCNC(=NCCN1CCc2sccc2C1)N1CCN(Cc2ccon2)CC1. The van der Waals surface area contributed by atoms with Gasteiger partial charge in [-0.2, -0.15) is 0 Å². The normalized spacial score (nSPS) is 19.0. The summed E-state index contributed by atoms with van der Waals surface area (Å²) in [5.41, 5.74) is 2.51. The van der Waals surface area contributed by atoms with Gasteiger partial charge in [-0.1, -0.05) is 5.16 Å². The highest BCUT2D eigenvalue weighted by molar-refractivity contribution is 7.10. The molecule has 0 atom stereocenters. The van der Waals surface area contributed by atoms with Gasteiger partial charge in [-0.05, 0) is 30.4 Å². The van der Waals surface area contributed by atoms with E-state index in [1.165, 1.54) is 12.0 Å². The highest BCUT2D eigenvalue weighted by Crippen LogP contribution is 2.23. The number of aromatic nitrogens is 1. The van der Waals surface area contributed by atoms with Gasteiger partial charge in [0.2, 0.25) is 0 Å². The summed E-state index contributed by atoms with van der Waals surface area (Å²) >= 11 is 1.90. The third kappa shape index (κ3) is 4.92. The molecule has 8 heteroatoms. The molecule has 2 aromatic heterocycles. The predicted molar refractivity (Wildman–Crippen MR) is 113 cm³/mol. The monoisotopic (exact) mass is 402 g/mol. The average molecular weight is 403 g/mol. The van der Waals surface area contributed by atoms with Crippen LogP contribution in [-0.2, 0) is 19.5 Å². The molecule has 2 aliphatic heterocycles. The Morgan fingerprint density at radius 1 is 1.21 bits per heavy atom. The highest BCUT2D eigenvalue weighted by atomic mass is 32.1. The van der Waals surface area contributed by atoms with E-state index in [1.807, 2.05) is 17.4 Å². The summed E-state index contributed by atoms with van der Waals surface area (Å²) in [4.78, 5) is 13.8. The van der Waals surface area contributed by atoms with Gasteiger partial charge < -0.3 is 14.7 Å². The van der Waals surface area contributed by atoms with E-state index < -0.39 is 0 Å². The molecule has 0 spiro atoms. The van der Waals surface area contributed by atoms with Gasteiger partial charge in [-0.25, -0.2) is 0 Å². The number of hydrogen-bond donors (Lipinski definition) is 1. The topological polar surface area (TPSA) is 60.1 Å². The van der Waals surface area contributed by atoms with Crippen LogP contribution in [0.15, 0.2) is 33.3 Å². The first-order valence-electron chi connectivity index (χ1n) is 10.2. The van der Waals surface area contributed by atoms with E-state index in [0.29, 0.717) is 0 Å². The number of fused-ring (bicyclic) bond motifs is 1. The van der Waals surface area contributed by atoms with E-state index in [9.17, 15) is 0 Å². The number of nitrogens with one attached hydrogen (secondary N) is 1. The van der Waals surface area contributed by atoms with Crippen LogP contribution in [0.5, 0.6) is 0 Å². The van der Waals surface area contributed by atoms with Crippen LogP contribution in [0.3, 0.4) is 0 Å². The zero-order valence-electron chi connectivity index (χ0n) is 16.6. The van der Waals surface area contributed by atoms with E-state index in [2.05, 4.69) is 43.5 Å². The summed E-state index contributed by atoms with van der Waals surface area (Å²) in [7, 11) is 0. The van der Waals surface area contributed by atoms with Crippen molar-refractivity contribution in [2.24, 2.45) is 4.99 Å². The fourth-order valence-electron chi connectivity index (χ4n) is 3.89. The largest absolute Gasteiger partial charge is 0.364 e. The lowest BCUT2D eigenvalue weighted by atomic mass is 10.1. The first-order valence-corrected chi connectivity index (χ1v) is 11.1. The average Bonchev–Trinajstić information content (AvgIpc) is 3.39. The Morgan fingerprint density at radius 2 is 2.11 bits per heavy atom. The van der Waals surface area contributed by atoms with Crippen LogP contribution in [0.2, 0.25) is 0 Å². The molecule has 152 valence electrons. The molecule has 1 fully saturated rings. The van der Waals surface area contributed by atoms with Crippen LogP contribution in [0.4, 0.5) is 0 Å². The second kappa shape index (κ2) is 9.54. The molecule has 0 amide bonds. The Bertz CT molecular complexity index is 751. The molecule has 2 aromatic rings. The van der Waals surface area contributed by atoms with Gasteiger partial charge in [0.1, 0.15) is 6.26 Å². The van der Waals surface area contributed by atoms with Crippen molar-refractivity contribution in [3.63, 3.8) is 0 Å². The minimum atomic E-state index is 0.848. The summed E-state index contributed by atoms with van der Waals surface area (Å²) in [6.45, 7) is 12.0. The van der Waals surface area contributed by atoms with Crippen molar-refractivity contribution in [3.05, 3.63) is 39.9 Å². The van der Waals surface area contributed by atoms with Crippen LogP contribution in [0.1, 0.15) is 23.1 Å². The van der Waals surface area contributed by atoms with E-state index in [-0.39, 0.29) is 0 Å². The maximum atomic E-state index is 4.94. The lowest BCUT2D eigenvalue weighted by molar-refractivity contribution is 0.169. The lowest BCUT2D eigenvalue weighted by Gasteiger charge is -2.36. The number of nitrogens with zero attached hydrogens (tertiary/aromatic N) is 5. The second-order valence-electron chi connectivity index (χ2n) is 7.38. The molecule has 1 N–H and O–H groups in total. The van der Waals surface area contributed by atoms with Crippen molar-refractivity contribution < 1.29 is 4.52 Å². The number of piperazine rings is 1. The van der Waals surface area contributed by atoms with Crippen LogP contribution >= 0.6 is 11.3 Å². The smallest absolute Gasteiger partial charge is 0.194 e. The molecule has 0 aromatic carbocycles. The number of thiophene rings is 1. The Hall–Kier alpha value is -1.90. The van der Waals surface area contributed by atoms with E-state index >= 15 is 0 Å². The summed E-state index contributed by atoms with van der Waals surface area (Å²) in [6, 6.07) is 4.22. The Balaban J connectivity index is 1.25. The molecule has 0 radical (unpaired) electrons. The summed E-state index contributed by atoms with van der Waals surface area (Å²) in [5.74, 6) is 1.05. The summed E-state index contributed by atoms with van der Waals surface area (Å²) < 4.78 is 4.94. The molecule has 28 heavy (non-hydrogen) atoms. The van der Waals surface area contributed by atoms with Gasteiger partial charge in [0.15, 0.2) is 5.96 Å². The molecular weight excluding hydrogens is 372 g/mol. The van der Waals surface area contributed by atoms with E-state index in [1.54, 1.807) is 11.1 Å². The molecule has 0 aliphatic carbocycles. The van der Waals surface area contributed by atoms with Crippen molar-refractivity contribution in [2.75, 3.05) is 52.4 Å². The lowest BCUT2D eigenvalue weighted by Crippen LogP contribution is -2.52. The number of rotatable bonds is 6. The molecular formula is C20H30N6OS. The van der Waals surface area contributed by atoms with Crippen molar-refractivity contribution in [3.8, 4) is 0 Å². The Labute approximate surface area is 171 Å². The zero-order chi connectivity index (χ0) is 19.2. The van der Waals surface area contributed by atoms with Crippen LogP contribution in [-0.4, -0.2) is 78.2 Å². The highest BCUT2D eigenvalue weighted by Gasteiger charge is 2.21. The van der Waals surface area contributed by atoms with E-state index in [4.69, 9.17) is 9.52 Å². The zero-order valence-corrected chi connectivity index (χ0v) is 17.5. The van der Waals surface area contributed by atoms with Crippen molar-refractivity contribution in [2.45, 2.75) is 26.4 Å². The molecule has 0 saturated carbocycles. The van der Waals surface area contributed by atoms with Gasteiger partial charge in [-0.15, -0.1) is 11.3 Å². The molecule has 0 bridgehead atoms. The first kappa shape index (κ1) is 19.4. The van der Waals surface area contributed by atoms with E-state index in [0.717, 1.165) is 77.1 Å². The first-order chi connectivity index (χ1) is 13.8. The quantitative estimate of drug-likeness (QED) is 0.588. The maximum Gasteiger partial charge on any atom is 0.194 e. The third-order valence-corrected chi connectivity index (χ3v) is 6.47. The molecule has 4 heterocycles. The van der Waals surface area contributed by atoms with Crippen molar-refractivity contribution >= 4 is 17.3 Å². The Kier molecular flexibility index (Phi) is 6.61. The van der Waals surface area contributed by atoms with Crippen LogP contribution < -0.4 is 5.32 Å². The van der Waals surface area contributed by atoms with Crippen LogP contribution in [0.25, 0.3) is 0 Å². The molecule has 2 aliphatic rings. The number of guanidine groups is 1. The second-order valence-corrected chi connectivity index (χ2v) is 8.39. The van der Waals surface area contributed by atoms with Crippen molar-refractivity contribution in [1.29, 1.82) is 0 Å². The molecule has 0 unspecified atom stereocenters. The van der Waals surface area contributed by atoms with Gasteiger partial charge in [0, 0.05) is 69.8 Å². The fourth-order valence-corrected chi connectivity index (χ4v) is 4.78. The predicted octanol–water partition coefficient (Wildman–Crippen LogP) is 1.88. The summed E-state index contributed by atoms with van der Waals surface area (Å²) in [5, 5.41) is 9.71. The summed E-state index contributed by atoms with van der Waals surface area (Å²) in [6.07, 6.45) is 2.83. The third-order valence-electron chi connectivity index (χ3n) is 5.45. The fraction of sp³-hybridized carbons (Fsp3) is 0.600. The van der Waals surface area contributed by atoms with Crippen LogP contribution in [0, 0.1) is 0 Å². The molecule has 4 rings (SSSR count). The molecule has 1 saturated heterocycles. The maximum absolute atomic E-state index is 4.94. The number of hydrogen-bond acceptors (Lipinski definition) is 6. The Morgan fingerprint density at radius 3 is 2.89 bits per heavy atom. The minimum absolute atomic E-state index is 0.848. The minimum Gasteiger partial charge on any atom is -0.364 e. The molecule has 7 nitrogen and oxygen atoms in total. The number of aliphatic imine (C=N–C) groups is 1. The van der Waals surface area contributed by atoms with Gasteiger partial charge in [0.05, 0.1) is 12.2 Å². The standard InChI is InChI=1S/C20H30N6OS/c1-2-21-20(22-6-8-24-7-3-19-17(15-24)5-14-28-19)26-11-9-25(10-12-26)16-18-4-13-27-23-18/h4-5,13-14H,2-3,6-12,15-16H2,1H3,(H,21,22). The van der Waals surface area contributed by atoms with Gasteiger partial charge >= 0.3 is 0 Å². The van der Waals surface area contributed by atoms with Crippen molar-refractivity contribution in [1.82, 2.24) is 25.2 Å².